The number of rotatable bonds is 4. The molecule has 27 heavy (non-hydrogen) atoms. The van der Waals surface area contributed by atoms with Gasteiger partial charge in [-0.2, -0.15) is 5.26 Å². The van der Waals surface area contributed by atoms with Crippen LogP contribution in [0.1, 0.15) is 25.3 Å². The summed E-state index contributed by atoms with van der Waals surface area (Å²) in [7, 11) is 0. The molecular formula is C21H26N4O2. The summed E-state index contributed by atoms with van der Waals surface area (Å²) in [5.41, 5.74) is 2.47. The predicted molar refractivity (Wildman–Crippen MR) is 105 cm³/mol. The first-order valence-corrected chi connectivity index (χ1v) is 9.72. The van der Waals surface area contributed by atoms with E-state index in [9.17, 15) is 10.4 Å². The van der Waals surface area contributed by atoms with Crippen molar-refractivity contribution < 1.29 is 9.84 Å². The van der Waals surface area contributed by atoms with E-state index in [1.807, 2.05) is 24.3 Å². The van der Waals surface area contributed by atoms with Crippen LogP contribution in [-0.2, 0) is 4.74 Å². The Labute approximate surface area is 160 Å². The Morgan fingerprint density at radius 3 is 3.04 bits per heavy atom. The standard InChI is InChI=1S/C21H26N4O2/c1-15-11-25(13-18(27-15)12-24-9-3-4-17(24)14-26)20-7-6-16(10-22)21-19(20)5-2-8-23-21/h2,5-8,15,17-18,26H,3-4,9,11-14H2,1H3/t15-,17+,18-/m1/s1. The minimum absolute atomic E-state index is 0.100. The Morgan fingerprint density at radius 2 is 2.22 bits per heavy atom. The number of morpholine rings is 1. The van der Waals surface area contributed by atoms with Crippen LogP contribution in [-0.4, -0.2) is 66.0 Å². The molecule has 0 spiro atoms. The van der Waals surface area contributed by atoms with Crippen molar-refractivity contribution in [2.45, 2.75) is 38.0 Å². The highest BCUT2D eigenvalue weighted by atomic mass is 16.5. The maximum Gasteiger partial charge on any atom is 0.101 e. The van der Waals surface area contributed by atoms with E-state index in [4.69, 9.17) is 4.74 Å². The number of anilines is 1. The highest BCUT2D eigenvalue weighted by molar-refractivity contribution is 5.95. The molecule has 0 amide bonds. The number of nitrogens with zero attached hydrogens (tertiary/aromatic N) is 4. The summed E-state index contributed by atoms with van der Waals surface area (Å²) in [5, 5.41) is 20.0. The zero-order valence-corrected chi connectivity index (χ0v) is 15.7. The third-order valence-electron chi connectivity index (χ3n) is 5.68. The molecule has 2 saturated heterocycles. The van der Waals surface area contributed by atoms with E-state index in [1.165, 1.54) is 0 Å². The fourth-order valence-electron chi connectivity index (χ4n) is 4.47. The van der Waals surface area contributed by atoms with Crippen LogP contribution in [0.4, 0.5) is 5.69 Å². The van der Waals surface area contributed by atoms with Gasteiger partial charge >= 0.3 is 0 Å². The number of aromatic nitrogens is 1. The number of hydrogen-bond acceptors (Lipinski definition) is 6. The molecule has 2 aliphatic rings. The molecule has 1 N–H and O–H groups in total. The van der Waals surface area contributed by atoms with Crippen LogP contribution in [0.25, 0.3) is 10.9 Å². The maximum absolute atomic E-state index is 9.59. The Morgan fingerprint density at radius 1 is 1.33 bits per heavy atom. The number of aliphatic hydroxyl groups is 1. The lowest BCUT2D eigenvalue weighted by Gasteiger charge is -2.40. The second-order valence-electron chi connectivity index (χ2n) is 7.59. The van der Waals surface area contributed by atoms with Gasteiger partial charge < -0.3 is 14.7 Å². The van der Waals surface area contributed by atoms with Gasteiger partial charge in [-0.1, -0.05) is 0 Å². The molecule has 4 rings (SSSR count). The van der Waals surface area contributed by atoms with Gasteiger partial charge in [0, 0.05) is 42.9 Å². The molecule has 0 saturated carbocycles. The molecule has 0 unspecified atom stereocenters. The predicted octanol–water partition coefficient (Wildman–Crippen LogP) is 2.16. The fourth-order valence-corrected chi connectivity index (χ4v) is 4.47. The summed E-state index contributed by atoms with van der Waals surface area (Å²) in [5.74, 6) is 0. The van der Waals surface area contributed by atoms with Crippen molar-refractivity contribution in [2.75, 3.05) is 37.7 Å². The number of likely N-dealkylation sites (tertiary alicyclic amines) is 1. The molecular weight excluding hydrogens is 340 g/mol. The largest absolute Gasteiger partial charge is 0.395 e. The maximum atomic E-state index is 9.59. The van der Waals surface area contributed by atoms with Crippen molar-refractivity contribution in [1.82, 2.24) is 9.88 Å². The molecule has 6 nitrogen and oxygen atoms in total. The second kappa shape index (κ2) is 7.81. The highest BCUT2D eigenvalue weighted by Gasteiger charge is 2.31. The average molecular weight is 366 g/mol. The van der Waals surface area contributed by atoms with Gasteiger partial charge in [-0.3, -0.25) is 9.88 Å². The number of aliphatic hydroxyl groups excluding tert-OH is 1. The molecule has 3 atom stereocenters. The Kier molecular flexibility index (Phi) is 5.26. The van der Waals surface area contributed by atoms with Gasteiger partial charge in [-0.25, -0.2) is 0 Å². The van der Waals surface area contributed by atoms with Gasteiger partial charge in [0.1, 0.15) is 6.07 Å². The first-order valence-electron chi connectivity index (χ1n) is 9.72. The lowest BCUT2D eigenvalue weighted by atomic mass is 10.1. The molecule has 142 valence electrons. The van der Waals surface area contributed by atoms with Crippen LogP contribution >= 0.6 is 0 Å². The molecule has 2 fully saturated rings. The monoisotopic (exact) mass is 366 g/mol. The first kappa shape index (κ1) is 18.2. The molecule has 1 aromatic heterocycles. The zero-order valence-electron chi connectivity index (χ0n) is 15.7. The van der Waals surface area contributed by atoms with Gasteiger partial charge in [-0.15, -0.1) is 0 Å². The van der Waals surface area contributed by atoms with E-state index in [2.05, 4.69) is 27.8 Å². The number of fused-ring (bicyclic) bond motifs is 1. The smallest absolute Gasteiger partial charge is 0.101 e. The number of nitriles is 1. The molecule has 0 aliphatic carbocycles. The number of benzene rings is 1. The second-order valence-corrected chi connectivity index (χ2v) is 7.59. The molecule has 0 radical (unpaired) electrons. The van der Waals surface area contributed by atoms with Crippen molar-refractivity contribution >= 4 is 16.6 Å². The van der Waals surface area contributed by atoms with E-state index in [0.717, 1.165) is 55.6 Å². The molecule has 0 bridgehead atoms. The van der Waals surface area contributed by atoms with E-state index in [1.54, 1.807) is 6.20 Å². The van der Waals surface area contributed by atoms with Crippen molar-refractivity contribution in [3.8, 4) is 6.07 Å². The zero-order chi connectivity index (χ0) is 18.8. The molecule has 2 aliphatic heterocycles. The topological polar surface area (TPSA) is 72.6 Å². The Hall–Kier alpha value is -2.20. The average Bonchev–Trinajstić information content (AvgIpc) is 3.13. The van der Waals surface area contributed by atoms with Crippen LogP contribution in [0.2, 0.25) is 0 Å². The van der Waals surface area contributed by atoms with Gasteiger partial charge in [0.15, 0.2) is 0 Å². The summed E-state index contributed by atoms with van der Waals surface area (Å²) in [6.07, 6.45) is 4.17. The minimum atomic E-state index is 0.100. The van der Waals surface area contributed by atoms with Crippen molar-refractivity contribution in [1.29, 1.82) is 5.26 Å². The SMILES string of the molecule is C[C@@H]1CN(c2ccc(C#N)c3ncccc23)C[C@@H](CN2CCC[C@H]2CO)O1. The Bertz CT molecular complexity index is 850. The molecule has 3 heterocycles. The van der Waals surface area contributed by atoms with Crippen molar-refractivity contribution in [3.63, 3.8) is 0 Å². The summed E-state index contributed by atoms with van der Waals surface area (Å²) in [6, 6.07) is 10.4. The van der Waals surface area contributed by atoms with Crippen LogP contribution < -0.4 is 4.90 Å². The number of ether oxygens (including phenoxy) is 1. The van der Waals surface area contributed by atoms with Gasteiger partial charge in [0.25, 0.3) is 0 Å². The van der Waals surface area contributed by atoms with Crippen LogP contribution in [0.15, 0.2) is 30.5 Å². The highest BCUT2D eigenvalue weighted by Crippen LogP contribution is 2.30. The third kappa shape index (κ3) is 3.63. The minimum Gasteiger partial charge on any atom is -0.395 e. The van der Waals surface area contributed by atoms with Gasteiger partial charge in [0.05, 0.1) is 29.9 Å². The van der Waals surface area contributed by atoms with E-state index < -0.39 is 0 Å². The summed E-state index contributed by atoms with van der Waals surface area (Å²) >= 11 is 0. The summed E-state index contributed by atoms with van der Waals surface area (Å²) in [6.45, 7) is 5.82. The van der Waals surface area contributed by atoms with Crippen molar-refractivity contribution in [3.05, 3.63) is 36.0 Å². The van der Waals surface area contributed by atoms with Crippen LogP contribution in [0.3, 0.4) is 0 Å². The summed E-state index contributed by atoms with van der Waals surface area (Å²) in [4.78, 5) is 9.15. The Balaban J connectivity index is 1.59. The van der Waals surface area contributed by atoms with Gasteiger partial charge in [-0.05, 0) is 50.6 Å². The fraction of sp³-hybridized carbons (Fsp3) is 0.524. The lowest BCUT2D eigenvalue weighted by molar-refractivity contribution is -0.0362. The van der Waals surface area contributed by atoms with E-state index in [-0.39, 0.29) is 24.9 Å². The van der Waals surface area contributed by atoms with Crippen molar-refractivity contribution in [2.24, 2.45) is 0 Å². The first-order chi connectivity index (χ1) is 13.2. The van der Waals surface area contributed by atoms with Gasteiger partial charge in [0.2, 0.25) is 0 Å². The third-order valence-corrected chi connectivity index (χ3v) is 5.68. The van der Waals surface area contributed by atoms with E-state index >= 15 is 0 Å². The lowest BCUT2D eigenvalue weighted by Crippen LogP contribution is -2.51. The molecule has 6 heteroatoms. The molecule has 2 aromatic rings. The quantitative estimate of drug-likeness (QED) is 0.894. The number of hydrogen-bond donors (Lipinski definition) is 1. The van der Waals surface area contributed by atoms with Crippen LogP contribution in [0.5, 0.6) is 0 Å². The molecule has 1 aromatic carbocycles. The van der Waals surface area contributed by atoms with E-state index in [0.29, 0.717) is 5.56 Å². The summed E-state index contributed by atoms with van der Waals surface area (Å²) < 4.78 is 6.22. The number of pyridine rings is 1. The van der Waals surface area contributed by atoms with Crippen LogP contribution in [0, 0.1) is 11.3 Å². The normalized spacial score (nSPS) is 26.4.